The summed E-state index contributed by atoms with van der Waals surface area (Å²) in [5.41, 5.74) is 0. The molecule has 5 nitrogen and oxygen atoms in total. The summed E-state index contributed by atoms with van der Waals surface area (Å²) in [5.74, 6) is -1.07. The van der Waals surface area contributed by atoms with Gasteiger partial charge in [-0.1, -0.05) is 17.7 Å². The maximum Gasteiger partial charge on any atom is 0.323 e. The van der Waals surface area contributed by atoms with Crippen LogP contribution in [0.4, 0.5) is 0 Å². The zero-order chi connectivity index (χ0) is 15.1. The number of benzene rings is 1. The molecular weight excluding hydrogens is 350 g/mol. The lowest BCUT2D eigenvalue weighted by molar-refractivity contribution is -0.144. The van der Waals surface area contributed by atoms with E-state index < -0.39 is 18.4 Å². The molecule has 0 aliphatic heterocycles. The van der Waals surface area contributed by atoms with Crippen LogP contribution in [0.15, 0.2) is 35.3 Å². The van der Waals surface area contributed by atoms with E-state index in [0.29, 0.717) is 15.2 Å². The van der Waals surface area contributed by atoms with Gasteiger partial charge in [-0.05, 0) is 34.1 Å². The molecule has 108 valence electrons. The molecule has 0 unspecified atom stereocenters. The van der Waals surface area contributed by atoms with Crippen LogP contribution in [0.2, 0.25) is 5.02 Å². The maximum atomic E-state index is 11.9. The van der Waals surface area contributed by atoms with Crippen LogP contribution >= 0.6 is 27.5 Å². The topological polar surface area (TPSA) is 66.8 Å². The Hall–Kier alpha value is -1.53. The Bertz CT molecular complexity index is 521. The molecule has 7 heteroatoms. The highest BCUT2D eigenvalue weighted by atomic mass is 79.9. The monoisotopic (exact) mass is 361 g/mol. The van der Waals surface area contributed by atoms with Crippen LogP contribution in [0, 0.1) is 0 Å². The molecule has 1 aromatic carbocycles. The van der Waals surface area contributed by atoms with Crippen LogP contribution in [-0.2, 0) is 9.59 Å². The van der Waals surface area contributed by atoms with Crippen LogP contribution in [0.1, 0.15) is 0 Å². The predicted molar refractivity (Wildman–Crippen MR) is 79.1 cm³/mol. The highest BCUT2D eigenvalue weighted by Crippen LogP contribution is 2.27. The van der Waals surface area contributed by atoms with Gasteiger partial charge >= 0.3 is 5.97 Å². The van der Waals surface area contributed by atoms with Gasteiger partial charge in [0.1, 0.15) is 12.3 Å². The number of carbonyl (C=O) groups excluding carboxylic acids is 1. The van der Waals surface area contributed by atoms with Gasteiger partial charge < -0.3 is 14.7 Å². The average molecular weight is 363 g/mol. The summed E-state index contributed by atoms with van der Waals surface area (Å²) < 4.78 is 5.96. The fourth-order valence-electron chi connectivity index (χ4n) is 1.40. The molecule has 0 aliphatic carbocycles. The van der Waals surface area contributed by atoms with Gasteiger partial charge in [0, 0.05) is 11.6 Å². The number of carboxylic acids is 1. The van der Waals surface area contributed by atoms with Crippen molar-refractivity contribution in [2.45, 2.75) is 0 Å². The third kappa shape index (κ3) is 5.22. The average Bonchev–Trinajstić information content (AvgIpc) is 2.36. The summed E-state index contributed by atoms with van der Waals surface area (Å²) >= 11 is 9.05. The summed E-state index contributed by atoms with van der Waals surface area (Å²) in [6.45, 7) is 2.98. The summed E-state index contributed by atoms with van der Waals surface area (Å²) in [6, 6.07) is 4.89. The van der Waals surface area contributed by atoms with E-state index in [1.165, 1.54) is 6.08 Å². The SMILES string of the molecule is C=CCN(CC(=O)O)C(=O)COc1ccc(Cl)cc1Br. The van der Waals surface area contributed by atoms with Crippen molar-refractivity contribution in [3.05, 3.63) is 40.3 Å². The quantitative estimate of drug-likeness (QED) is 0.757. The van der Waals surface area contributed by atoms with Crippen molar-refractivity contribution < 1.29 is 19.4 Å². The lowest BCUT2D eigenvalue weighted by Gasteiger charge is -2.19. The second-order valence-corrected chi connectivity index (χ2v) is 5.11. The standard InChI is InChI=1S/C13H13BrClNO4/c1-2-5-16(7-13(18)19)12(17)8-20-11-4-3-9(15)6-10(11)14/h2-4,6H,1,5,7-8H2,(H,18,19). The Labute approximate surface area is 129 Å². The van der Waals surface area contributed by atoms with E-state index in [-0.39, 0.29) is 13.2 Å². The smallest absolute Gasteiger partial charge is 0.323 e. The molecule has 0 aromatic heterocycles. The molecular formula is C13H13BrClNO4. The lowest BCUT2D eigenvalue weighted by Crippen LogP contribution is -2.38. The van der Waals surface area contributed by atoms with Gasteiger partial charge in [-0.3, -0.25) is 9.59 Å². The molecule has 1 amide bonds. The molecule has 0 radical (unpaired) electrons. The Balaban J connectivity index is 2.64. The number of amides is 1. The molecule has 0 saturated heterocycles. The predicted octanol–water partition coefficient (Wildman–Crippen LogP) is 2.58. The van der Waals surface area contributed by atoms with Gasteiger partial charge in [0.15, 0.2) is 6.61 Å². The summed E-state index contributed by atoms with van der Waals surface area (Å²) in [4.78, 5) is 23.7. The van der Waals surface area contributed by atoms with Crippen molar-refractivity contribution in [2.24, 2.45) is 0 Å². The van der Waals surface area contributed by atoms with Crippen molar-refractivity contribution in [2.75, 3.05) is 19.7 Å². The molecule has 1 rings (SSSR count). The van der Waals surface area contributed by atoms with Gasteiger partial charge in [-0.2, -0.15) is 0 Å². The van der Waals surface area contributed by atoms with Crippen LogP contribution in [0.25, 0.3) is 0 Å². The molecule has 0 saturated carbocycles. The van der Waals surface area contributed by atoms with Crippen molar-refractivity contribution in [3.63, 3.8) is 0 Å². The van der Waals surface area contributed by atoms with Crippen molar-refractivity contribution in [1.82, 2.24) is 4.90 Å². The van der Waals surface area contributed by atoms with Crippen molar-refractivity contribution >= 4 is 39.4 Å². The minimum Gasteiger partial charge on any atom is -0.483 e. The number of hydrogen-bond donors (Lipinski definition) is 1. The zero-order valence-corrected chi connectivity index (χ0v) is 12.9. The van der Waals surface area contributed by atoms with Gasteiger partial charge in [0.2, 0.25) is 0 Å². The number of halogens is 2. The Kier molecular flexibility index (Phi) is 6.54. The minimum absolute atomic E-state index is 0.149. The summed E-state index contributed by atoms with van der Waals surface area (Å²) in [5, 5.41) is 9.26. The molecule has 20 heavy (non-hydrogen) atoms. The molecule has 0 heterocycles. The molecule has 0 aliphatic rings. The highest BCUT2D eigenvalue weighted by Gasteiger charge is 2.16. The molecule has 0 atom stereocenters. The van der Waals surface area contributed by atoms with E-state index in [0.717, 1.165) is 4.90 Å². The van der Waals surface area contributed by atoms with E-state index in [9.17, 15) is 9.59 Å². The van der Waals surface area contributed by atoms with E-state index in [1.807, 2.05) is 0 Å². The first-order valence-corrected chi connectivity index (χ1v) is 6.79. The van der Waals surface area contributed by atoms with Crippen molar-refractivity contribution in [3.8, 4) is 5.75 Å². The van der Waals surface area contributed by atoms with Crippen LogP contribution in [-0.4, -0.2) is 41.6 Å². The number of carbonyl (C=O) groups is 2. The number of aliphatic carboxylic acids is 1. The first kappa shape index (κ1) is 16.5. The fourth-order valence-corrected chi connectivity index (χ4v) is 2.19. The maximum absolute atomic E-state index is 11.9. The number of carboxylic acid groups (broad SMARTS) is 1. The second kappa shape index (κ2) is 7.91. The van der Waals surface area contributed by atoms with E-state index in [2.05, 4.69) is 22.5 Å². The van der Waals surface area contributed by atoms with Crippen molar-refractivity contribution in [1.29, 1.82) is 0 Å². The first-order valence-electron chi connectivity index (χ1n) is 5.62. The number of nitrogens with zero attached hydrogens (tertiary/aromatic N) is 1. The largest absolute Gasteiger partial charge is 0.483 e. The molecule has 0 spiro atoms. The van der Waals surface area contributed by atoms with E-state index in [4.69, 9.17) is 21.4 Å². The number of rotatable bonds is 7. The van der Waals surface area contributed by atoms with Gasteiger partial charge in [-0.15, -0.1) is 6.58 Å². The molecule has 1 aromatic rings. The van der Waals surface area contributed by atoms with Crippen LogP contribution in [0.5, 0.6) is 5.75 Å². The summed E-state index contributed by atoms with van der Waals surface area (Å²) in [6.07, 6.45) is 1.46. The van der Waals surface area contributed by atoms with Gasteiger partial charge in [0.25, 0.3) is 5.91 Å². The third-order valence-electron chi connectivity index (χ3n) is 2.27. The Morgan fingerprint density at radius 2 is 2.20 bits per heavy atom. The Morgan fingerprint density at radius 1 is 1.50 bits per heavy atom. The number of ether oxygens (including phenoxy) is 1. The summed E-state index contributed by atoms with van der Waals surface area (Å²) in [7, 11) is 0. The Morgan fingerprint density at radius 3 is 2.75 bits per heavy atom. The normalized spacial score (nSPS) is 9.90. The van der Waals surface area contributed by atoms with Crippen LogP contribution < -0.4 is 4.74 Å². The second-order valence-electron chi connectivity index (χ2n) is 3.82. The van der Waals surface area contributed by atoms with E-state index >= 15 is 0 Å². The third-order valence-corrected chi connectivity index (χ3v) is 3.13. The minimum atomic E-state index is -1.09. The first-order chi connectivity index (χ1) is 9.43. The number of hydrogen-bond acceptors (Lipinski definition) is 3. The lowest BCUT2D eigenvalue weighted by atomic mass is 10.3. The van der Waals surface area contributed by atoms with E-state index in [1.54, 1.807) is 18.2 Å². The molecule has 0 bridgehead atoms. The highest BCUT2D eigenvalue weighted by molar-refractivity contribution is 9.10. The van der Waals surface area contributed by atoms with Gasteiger partial charge in [0.05, 0.1) is 4.47 Å². The fraction of sp³-hybridized carbons (Fsp3) is 0.231. The van der Waals surface area contributed by atoms with Gasteiger partial charge in [-0.25, -0.2) is 0 Å². The molecule has 1 N–H and O–H groups in total. The zero-order valence-electron chi connectivity index (χ0n) is 10.5. The van der Waals surface area contributed by atoms with Crippen LogP contribution in [0.3, 0.4) is 0 Å². The molecule has 0 fully saturated rings.